The number of benzene rings is 2. The van der Waals surface area contributed by atoms with E-state index in [1.54, 1.807) is 56.3 Å². The number of hydrazone groups is 1. The van der Waals surface area contributed by atoms with Crippen LogP contribution in [0.2, 0.25) is 0 Å². The quantitative estimate of drug-likeness (QED) is 0.407. The molecule has 2 N–H and O–H groups in total. The molecular weight excluding hydrogens is 484 g/mol. The van der Waals surface area contributed by atoms with Crippen LogP contribution in [0.25, 0.3) is 0 Å². The summed E-state index contributed by atoms with van der Waals surface area (Å²) in [5.41, 5.74) is -0.156. The van der Waals surface area contributed by atoms with Gasteiger partial charge in [0.1, 0.15) is 5.92 Å². The summed E-state index contributed by atoms with van der Waals surface area (Å²) >= 11 is 0. The van der Waals surface area contributed by atoms with Gasteiger partial charge in [-0.2, -0.15) is 13.5 Å². The summed E-state index contributed by atoms with van der Waals surface area (Å²) < 4.78 is 36.4. The molecule has 0 spiro atoms. The maximum Gasteiger partial charge on any atom is 0.315 e. The smallest absolute Gasteiger partial charge is 0.315 e. The Morgan fingerprint density at radius 3 is 2.19 bits per heavy atom. The molecule has 4 atom stereocenters. The van der Waals surface area contributed by atoms with Crippen molar-refractivity contribution in [3.05, 3.63) is 65.7 Å². The zero-order valence-corrected chi connectivity index (χ0v) is 21.6. The molecule has 1 saturated carbocycles. The van der Waals surface area contributed by atoms with Crippen molar-refractivity contribution in [3.63, 3.8) is 0 Å². The summed E-state index contributed by atoms with van der Waals surface area (Å²) in [6.07, 6.45) is -0.250. The van der Waals surface area contributed by atoms with Gasteiger partial charge in [0.25, 0.3) is 10.0 Å². The summed E-state index contributed by atoms with van der Waals surface area (Å²) in [7, 11) is -4.06. The van der Waals surface area contributed by atoms with Crippen LogP contribution in [0.3, 0.4) is 0 Å². The lowest BCUT2D eigenvalue weighted by Gasteiger charge is -2.45. The predicted octanol–water partition coefficient (Wildman–Crippen LogP) is 2.93. The zero-order valence-electron chi connectivity index (χ0n) is 20.8. The first-order valence-corrected chi connectivity index (χ1v) is 13.3. The maximum absolute atomic E-state index is 13.2. The van der Waals surface area contributed by atoms with Crippen LogP contribution in [0.4, 0.5) is 0 Å². The first kappa shape index (κ1) is 27.3. The number of aryl methyl sites for hydroxylation is 1. The average Bonchev–Trinajstić information content (AvgIpc) is 2.82. The van der Waals surface area contributed by atoms with Crippen molar-refractivity contribution >= 4 is 27.7 Å². The van der Waals surface area contributed by atoms with Crippen molar-refractivity contribution in [3.8, 4) is 0 Å². The van der Waals surface area contributed by atoms with E-state index in [1.165, 1.54) is 19.1 Å². The fourth-order valence-corrected chi connectivity index (χ4v) is 5.42. The van der Waals surface area contributed by atoms with E-state index in [2.05, 4.69) is 9.93 Å². The number of nitrogens with one attached hydrogen (secondary N) is 1. The minimum atomic E-state index is -4.06. The molecule has 0 amide bonds. The second-order valence-corrected chi connectivity index (χ2v) is 10.6. The largest absolute Gasteiger partial charge is 0.466 e. The Labute approximate surface area is 211 Å². The van der Waals surface area contributed by atoms with Crippen LogP contribution in [0, 0.1) is 18.8 Å². The number of nitrogens with zero attached hydrogens (tertiary/aromatic N) is 1. The van der Waals surface area contributed by atoms with E-state index in [0.717, 1.165) is 5.56 Å². The average molecular weight is 517 g/mol. The minimum Gasteiger partial charge on any atom is -0.466 e. The third kappa shape index (κ3) is 5.93. The summed E-state index contributed by atoms with van der Waals surface area (Å²) in [4.78, 5) is 28.5. The van der Waals surface area contributed by atoms with Gasteiger partial charge in [-0.3, -0.25) is 9.59 Å². The van der Waals surface area contributed by atoms with Gasteiger partial charge < -0.3 is 14.6 Å². The van der Waals surface area contributed by atoms with Gasteiger partial charge in [-0.05, 0) is 45.4 Å². The SMILES string of the molecule is CCOC(=O)C1/C(=N/NS(=O)(=O)c2ccc(C)cc2)CC(C)(O)C(C(=O)OCC)C1c1ccccc1. The van der Waals surface area contributed by atoms with Crippen LogP contribution in [-0.4, -0.2) is 50.0 Å². The number of carbonyl (C=O) groups excluding carboxylic acids is 2. The number of hydrogen-bond acceptors (Lipinski definition) is 8. The molecule has 2 aromatic carbocycles. The van der Waals surface area contributed by atoms with E-state index in [0.29, 0.717) is 5.56 Å². The maximum atomic E-state index is 13.2. The lowest BCUT2D eigenvalue weighted by molar-refractivity contribution is -0.163. The molecule has 1 aliphatic carbocycles. The van der Waals surface area contributed by atoms with Crippen LogP contribution >= 0.6 is 0 Å². The number of sulfonamides is 1. The second-order valence-electron chi connectivity index (χ2n) is 8.94. The van der Waals surface area contributed by atoms with Crippen LogP contribution in [0.1, 0.15) is 44.2 Å². The van der Waals surface area contributed by atoms with E-state index in [-0.39, 0.29) is 30.2 Å². The number of aliphatic hydroxyl groups is 1. The Bertz CT molecular complexity index is 1210. The van der Waals surface area contributed by atoms with Crippen LogP contribution in [-0.2, 0) is 29.1 Å². The highest BCUT2D eigenvalue weighted by molar-refractivity contribution is 7.89. The van der Waals surface area contributed by atoms with Crippen molar-refractivity contribution < 1.29 is 32.6 Å². The standard InChI is InChI=1S/C26H32N2O7S/c1-5-34-24(29)22-20(27-28-36(32,33)19-14-12-17(3)13-15-19)16-26(4,31)23(25(30)35-6-2)21(22)18-10-8-7-9-11-18/h7-15,21-23,28,31H,5-6,16H2,1-4H3/b27-20+. The van der Waals surface area contributed by atoms with Crippen LogP contribution < -0.4 is 4.83 Å². The topological polar surface area (TPSA) is 131 Å². The van der Waals surface area contributed by atoms with Crippen LogP contribution in [0.5, 0.6) is 0 Å². The third-order valence-electron chi connectivity index (χ3n) is 6.19. The fraction of sp³-hybridized carbons (Fsp3) is 0.423. The molecule has 0 bridgehead atoms. The molecule has 0 radical (unpaired) electrons. The molecule has 0 heterocycles. The zero-order chi connectivity index (χ0) is 26.5. The van der Waals surface area contributed by atoms with Crippen molar-refractivity contribution in [2.75, 3.05) is 13.2 Å². The van der Waals surface area contributed by atoms with E-state index < -0.39 is 45.3 Å². The van der Waals surface area contributed by atoms with E-state index in [1.807, 2.05) is 6.92 Å². The Kier molecular flexibility index (Phi) is 8.52. The highest BCUT2D eigenvalue weighted by atomic mass is 32.2. The molecule has 36 heavy (non-hydrogen) atoms. The highest BCUT2D eigenvalue weighted by Crippen LogP contribution is 2.47. The van der Waals surface area contributed by atoms with Gasteiger partial charge in [0, 0.05) is 12.3 Å². The molecule has 0 aromatic heterocycles. The molecule has 9 nitrogen and oxygen atoms in total. The number of hydrogen-bond donors (Lipinski definition) is 2. The molecule has 1 fully saturated rings. The van der Waals surface area contributed by atoms with Crippen LogP contribution in [0.15, 0.2) is 64.6 Å². The molecule has 0 aliphatic heterocycles. The Hall–Kier alpha value is -3.24. The Morgan fingerprint density at radius 1 is 1.03 bits per heavy atom. The first-order chi connectivity index (χ1) is 17.0. The van der Waals surface area contributed by atoms with Crippen molar-refractivity contribution in [2.24, 2.45) is 16.9 Å². The lowest BCUT2D eigenvalue weighted by atomic mass is 9.61. The molecule has 10 heteroatoms. The van der Waals surface area contributed by atoms with Gasteiger partial charge in [0.05, 0.1) is 35.3 Å². The number of rotatable bonds is 8. The summed E-state index contributed by atoms with van der Waals surface area (Å²) in [5, 5.41) is 15.5. The van der Waals surface area contributed by atoms with Gasteiger partial charge in [-0.1, -0.05) is 48.0 Å². The molecule has 194 valence electrons. The van der Waals surface area contributed by atoms with Gasteiger partial charge in [-0.15, -0.1) is 0 Å². The van der Waals surface area contributed by atoms with Crippen molar-refractivity contribution in [2.45, 2.75) is 50.5 Å². The molecule has 4 unspecified atom stereocenters. The monoisotopic (exact) mass is 516 g/mol. The fourth-order valence-electron chi connectivity index (χ4n) is 4.58. The summed E-state index contributed by atoms with van der Waals surface area (Å²) in [5.74, 6) is -4.50. The summed E-state index contributed by atoms with van der Waals surface area (Å²) in [6.45, 7) is 6.75. The normalized spacial score (nSPS) is 25.2. The van der Waals surface area contributed by atoms with Crippen molar-refractivity contribution in [1.82, 2.24) is 4.83 Å². The molecular formula is C26H32N2O7S. The second kappa shape index (κ2) is 11.2. The van der Waals surface area contributed by atoms with E-state index in [9.17, 15) is 23.1 Å². The molecule has 0 saturated heterocycles. The van der Waals surface area contributed by atoms with Gasteiger partial charge in [0.15, 0.2) is 0 Å². The minimum absolute atomic E-state index is 0.00304. The first-order valence-electron chi connectivity index (χ1n) is 11.8. The van der Waals surface area contributed by atoms with Gasteiger partial charge in [0.2, 0.25) is 0 Å². The third-order valence-corrected chi connectivity index (χ3v) is 7.42. The lowest BCUT2D eigenvalue weighted by Crippen LogP contribution is -2.55. The number of ether oxygens (including phenoxy) is 2. The number of carbonyl (C=O) groups is 2. The Morgan fingerprint density at radius 2 is 1.61 bits per heavy atom. The number of esters is 2. The predicted molar refractivity (Wildman–Crippen MR) is 134 cm³/mol. The molecule has 1 aliphatic rings. The van der Waals surface area contributed by atoms with Gasteiger partial charge >= 0.3 is 11.9 Å². The van der Waals surface area contributed by atoms with E-state index in [4.69, 9.17) is 9.47 Å². The van der Waals surface area contributed by atoms with Gasteiger partial charge in [-0.25, -0.2) is 4.83 Å². The summed E-state index contributed by atoms with van der Waals surface area (Å²) in [6, 6.07) is 15.0. The van der Waals surface area contributed by atoms with Crippen molar-refractivity contribution in [1.29, 1.82) is 0 Å². The highest BCUT2D eigenvalue weighted by Gasteiger charge is 2.56. The Balaban J connectivity index is 2.13. The molecule has 2 aromatic rings. The molecule has 3 rings (SSSR count). The van der Waals surface area contributed by atoms with E-state index >= 15 is 0 Å².